The van der Waals surface area contributed by atoms with E-state index in [1.807, 2.05) is 0 Å². The van der Waals surface area contributed by atoms with Crippen LogP contribution >= 0.6 is 0 Å². The van der Waals surface area contributed by atoms with Crippen LogP contribution in [0, 0.1) is 0 Å². The topological polar surface area (TPSA) is 118 Å². The highest BCUT2D eigenvalue weighted by atomic mass is 16.5. The first-order chi connectivity index (χ1) is 14.5. The molecule has 1 amide bonds. The van der Waals surface area contributed by atoms with Gasteiger partial charge in [-0.3, -0.25) is 14.4 Å². The SMILES string of the molecule is COc1cc2cc(C(=O)NCCn3c(=O)c(=O)[nH]c4ccccc43)[nH]c2cc1OC. The van der Waals surface area contributed by atoms with E-state index in [1.165, 1.54) is 4.57 Å². The van der Waals surface area contributed by atoms with Crippen molar-refractivity contribution < 1.29 is 14.3 Å². The number of hydrogen-bond donors (Lipinski definition) is 3. The number of H-pyrrole nitrogens is 2. The van der Waals surface area contributed by atoms with Crippen LogP contribution < -0.4 is 25.9 Å². The third-order valence-corrected chi connectivity index (χ3v) is 4.87. The number of benzene rings is 2. The molecule has 2 heterocycles. The largest absolute Gasteiger partial charge is 0.493 e. The monoisotopic (exact) mass is 408 g/mol. The molecule has 0 spiro atoms. The van der Waals surface area contributed by atoms with Crippen LogP contribution in [0.1, 0.15) is 10.5 Å². The standard InChI is InChI=1S/C21H20N4O5/c1-29-17-10-12-9-15(23-14(12)11-18(17)30-2)19(26)22-7-8-25-16-6-4-3-5-13(16)24-20(27)21(25)28/h3-6,9-11,23H,7-8H2,1-2H3,(H,22,26)(H,24,27). The van der Waals surface area contributed by atoms with Crippen molar-refractivity contribution in [3.8, 4) is 11.5 Å². The number of aromatic amines is 2. The molecule has 0 aliphatic heterocycles. The molecule has 0 saturated heterocycles. The lowest BCUT2D eigenvalue weighted by Crippen LogP contribution is -2.39. The number of nitrogens with zero attached hydrogens (tertiary/aromatic N) is 1. The molecule has 154 valence electrons. The second-order valence-corrected chi connectivity index (χ2v) is 6.66. The first-order valence-electron chi connectivity index (χ1n) is 9.26. The molecule has 9 heteroatoms. The van der Waals surface area contributed by atoms with Gasteiger partial charge in [0.2, 0.25) is 0 Å². The van der Waals surface area contributed by atoms with Gasteiger partial charge >= 0.3 is 11.1 Å². The summed E-state index contributed by atoms with van der Waals surface area (Å²) in [7, 11) is 3.09. The lowest BCUT2D eigenvalue weighted by Gasteiger charge is -2.10. The molecule has 0 fully saturated rings. The molecule has 0 bridgehead atoms. The van der Waals surface area contributed by atoms with Crippen molar-refractivity contribution in [2.24, 2.45) is 0 Å². The molecular formula is C21H20N4O5. The summed E-state index contributed by atoms with van der Waals surface area (Å²) < 4.78 is 11.9. The summed E-state index contributed by atoms with van der Waals surface area (Å²) in [6.45, 7) is 0.338. The minimum atomic E-state index is -0.696. The number of hydrogen-bond acceptors (Lipinski definition) is 5. The number of carbonyl (C=O) groups excluding carboxylic acids is 1. The maximum Gasteiger partial charge on any atom is 0.316 e. The second-order valence-electron chi connectivity index (χ2n) is 6.66. The molecular weight excluding hydrogens is 388 g/mol. The van der Waals surface area contributed by atoms with Crippen molar-refractivity contribution in [1.29, 1.82) is 0 Å². The number of carbonyl (C=O) groups is 1. The Labute approximate surface area is 170 Å². The summed E-state index contributed by atoms with van der Waals surface area (Å²) in [5, 5.41) is 3.57. The van der Waals surface area contributed by atoms with Gasteiger partial charge in [-0.1, -0.05) is 12.1 Å². The predicted molar refractivity (Wildman–Crippen MR) is 113 cm³/mol. The number of para-hydroxylation sites is 2. The van der Waals surface area contributed by atoms with Gasteiger partial charge in [-0.2, -0.15) is 0 Å². The first-order valence-corrected chi connectivity index (χ1v) is 9.26. The molecule has 0 saturated carbocycles. The van der Waals surface area contributed by atoms with Crippen LogP contribution in [0.2, 0.25) is 0 Å². The van der Waals surface area contributed by atoms with Gasteiger partial charge in [-0.25, -0.2) is 0 Å². The zero-order chi connectivity index (χ0) is 21.3. The Balaban J connectivity index is 1.53. The second kappa shape index (κ2) is 7.78. The molecule has 4 aromatic rings. The fourth-order valence-corrected chi connectivity index (χ4v) is 3.40. The van der Waals surface area contributed by atoms with Crippen molar-refractivity contribution in [1.82, 2.24) is 19.9 Å². The summed E-state index contributed by atoms with van der Waals surface area (Å²) in [6, 6.07) is 12.3. The average Bonchev–Trinajstić information content (AvgIpc) is 3.18. The van der Waals surface area contributed by atoms with Crippen LogP contribution in [-0.4, -0.2) is 41.2 Å². The number of methoxy groups -OCH3 is 2. The molecule has 0 aliphatic rings. The van der Waals surface area contributed by atoms with Gasteiger partial charge in [0.15, 0.2) is 11.5 Å². The van der Waals surface area contributed by atoms with Crippen LogP contribution in [0.4, 0.5) is 0 Å². The molecule has 0 unspecified atom stereocenters. The zero-order valence-corrected chi connectivity index (χ0v) is 16.4. The van der Waals surface area contributed by atoms with Gasteiger partial charge in [0, 0.05) is 30.1 Å². The summed E-state index contributed by atoms with van der Waals surface area (Å²) >= 11 is 0. The van der Waals surface area contributed by atoms with Gasteiger partial charge < -0.3 is 29.3 Å². The van der Waals surface area contributed by atoms with Gasteiger partial charge in [-0.15, -0.1) is 0 Å². The minimum absolute atomic E-state index is 0.164. The van der Waals surface area contributed by atoms with Gasteiger partial charge in [-0.05, 0) is 24.3 Å². The quantitative estimate of drug-likeness (QED) is 0.419. The van der Waals surface area contributed by atoms with Crippen molar-refractivity contribution in [2.45, 2.75) is 6.54 Å². The molecule has 0 radical (unpaired) electrons. The highest BCUT2D eigenvalue weighted by Crippen LogP contribution is 2.32. The van der Waals surface area contributed by atoms with E-state index in [0.717, 1.165) is 10.9 Å². The van der Waals surface area contributed by atoms with E-state index in [9.17, 15) is 14.4 Å². The number of ether oxygens (including phenoxy) is 2. The van der Waals surface area contributed by atoms with E-state index in [1.54, 1.807) is 56.7 Å². The minimum Gasteiger partial charge on any atom is -0.493 e. The Morgan fingerprint density at radius 1 is 1.00 bits per heavy atom. The van der Waals surface area contributed by atoms with Crippen LogP contribution in [0.15, 0.2) is 52.1 Å². The molecule has 0 atom stereocenters. The molecule has 0 aliphatic carbocycles. The summed E-state index contributed by atoms with van der Waals surface area (Å²) in [4.78, 5) is 42.3. The Kier molecular flexibility index (Phi) is 5.01. The van der Waals surface area contributed by atoms with E-state index in [-0.39, 0.29) is 19.0 Å². The van der Waals surface area contributed by atoms with Gasteiger partial charge in [0.25, 0.3) is 5.91 Å². The van der Waals surface area contributed by atoms with Crippen molar-refractivity contribution in [3.05, 3.63) is 68.9 Å². The van der Waals surface area contributed by atoms with E-state index >= 15 is 0 Å². The number of rotatable bonds is 6. The fraction of sp³-hybridized carbons (Fsp3) is 0.190. The maximum absolute atomic E-state index is 12.6. The van der Waals surface area contributed by atoms with Gasteiger partial charge in [0.05, 0.1) is 25.3 Å². The summed E-state index contributed by atoms with van der Waals surface area (Å²) in [5.74, 6) is 0.794. The number of amides is 1. The number of aromatic nitrogens is 3. The lowest BCUT2D eigenvalue weighted by molar-refractivity contribution is 0.0948. The molecule has 2 aromatic heterocycles. The van der Waals surface area contributed by atoms with E-state index in [2.05, 4.69) is 15.3 Å². The van der Waals surface area contributed by atoms with Crippen LogP contribution in [0.5, 0.6) is 11.5 Å². The predicted octanol–water partition coefficient (Wildman–Crippen LogP) is 1.62. The van der Waals surface area contributed by atoms with E-state index in [4.69, 9.17) is 9.47 Å². The van der Waals surface area contributed by atoms with E-state index in [0.29, 0.717) is 28.2 Å². The Bertz CT molecular complexity index is 1320. The van der Waals surface area contributed by atoms with Crippen molar-refractivity contribution >= 4 is 27.8 Å². The Morgan fingerprint density at radius 3 is 2.50 bits per heavy atom. The maximum atomic E-state index is 12.6. The molecule has 2 aromatic carbocycles. The highest BCUT2D eigenvalue weighted by molar-refractivity contribution is 5.98. The third kappa shape index (κ3) is 3.41. The normalized spacial score (nSPS) is 11.0. The average molecular weight is 408 g/mol. The van der Waals surface area contributed by atoms with Crippen molar-refractivity contribution in [3.63, 3.8) is 0 Å². The highest BCUT2D eigenvalue weighted by Gasteiger charge is 2.13. The molecule has 30 heavy (non-hydrogen) atoms. The Morgan fingerprint density at radius 2 is 1.73 bits per heavy atom. The molecule has 3 N–H and O–H groups in total. The van der Waals surface area contributed by atoms with Crippen molar-refractivity contribution in [2.75, 3.05) is 20.8 Å². The lowest BCUT2D eigenvalue weighted by atomic mass is 10.2. The van der Waals surface area contributed by atoms with Crippen LogP contribution in [0.3, 0.4) is 0 Å². The Hall–Kier alpha value is -4.01. The molecule has 4 rings (SSSR count). The van der Waals surface area contributed by atoms with Gasteiger partial charge in [0.1, 0.15) is 5.69 Å². The van der Waals surface area contributed by atoms with Crippen LogP contribution in [0.25, 0.3) is 21.9 Å². The molecule has 9 nitrogen and oxygen atoms in total. The smallest absolute Gasteiger partial charge is 0.316 e. The third-order valence-electron chi connectivity index (χ3n) is 4.87. The van der Waals surface area contributed by atoms with E-state index < -0.39 is 11.1 Å². The summed E-state index contributed by atoms with van der Waals surface area (Å²) in [5.41, 5.74) is 0.900. The first kappa shape index (κ1) is 19.3. The fourth-order valence-electron chi connectivity index (χ4n) is 3.40. The van der Waals surface area contributed by atoms with Crippen LogP contribution in [-0.2, 0) is 6.54 Å². The number of nitrogens with one attached hydrogen (secondary N) is 3. The zero-order valence-electron chi connectivity index (χ0n) is 16.4. The summed E-state index contributed by atoms with van der Waals surface area (Å²) in [6.07, 6.45) is 0. The number of fused-ring (bicyclic) bond motifs is 2.